The lowest BCUT2D eigenvalue weighted by Gasteiger charge is -2.14. The maximum absolute atomic E-state index is 5.96. The van der Waals surface area contributed by atoms with Crippen molar-refractivity contribution in [2.45, 2.75) is 26.1 Å². The van der Waals surface area contributed by atoms with Crippen molar-refractivity contribution < 1.29 is 4.74 Å². The van der Waals surface area contributed by atoms with Crippen LogP contribution in [0.1, 0.15) is 29.7 Å². The maximum Gasteiger partial charge on any atom is 0.0931 e. The molecule has 0 amide bonds. The molecule has 0 saturated carbocycles. The third kappa shape index (κ3) is 4.05. The van der Waals surface area contributed by atoms with E-state index in [0.717, 1.165) is 10.9 Å². The molecule has 1 N–H and O–H groups in total. The fourth-order valence-corrected chi connectivity index (χ4v) is 2.94. The van der Waals surface area contributed by atoms with Crippen LogP contribution in [0.4, 0.5) is 0 Å². The quantitative estimate of drug-likeness (QED) is 0.853. The van der Waals surface area contributed by atoms with Crippen LogP contribution in [-0.4, -0.2) is 7.11 Å². The normalized spacial score (nSPS) is 12.6. The molecular formula is C15H18ClNOS. The van der Waals surface area contributed by atoms with E-state index in [2.05, 4.69) is 35.8 Å². The summed E-state index contributed by atoms with van der Waals surface area (Å²) in [6, 6.07) is 10.6. The van der Waals surface area contributed by atoms with Crippen LogP contribution >= 0.6 is 22.9 Å². The Morgan fingerprint density at radius 2 is 2.05 bits per heavy atom. The molecule has 2 rings (SSSR count). The Kier molecular flexibility index (Phi) is 5.40. The topological polar surface area (TPSA) is 21.3 Å². The summed E-state index contributed by atoms with van der Waals surface area (Å²) in [7, 11) is 1.72. The molecule has 1 aromatic heterocycles. The largest absolute Gasteiger partial charge is 0.380 e. The molecule has 1 aromatic carbocycles. The van der Waals surface area contributed by atoms with Crippen molar-refractivity contribution in [1.82, 2.24) is 5.32 Å². The SMILES string of the molecule is COCc1ccccc1CNC(C)c1csc(Cl)c1. The Morgan fingerprint density at radius 3 is 2.68 bits per heavy atom. The minimum Gasteiger partial charge on any atom is -0.380 e. The Bertz CT molecular complexity index is 526. The van der Waals surface area contributed by atoms with Gasteiger partial charge in [-0.25, -0.2) is 0 Å². The standard InChI is InChI=1S/C15H18ClNOS/c1-11(14-7-15(16)19-10-14)17-8-12-5-3-4-6-13(12)9-18-2/h3-7,10-11,17H,8-9H2,1-2H3. The molecule has 0 fully saturated rings. The van der Waals surface area contributed by atoms with Gasteiger partial charge in [0.05, 0.1) is 10.9 Å². The van der Waals surface area contributed by atoms with Crippen molar-refractivity contribution in [3.05, 3.63) is 56.7 Å². The number of ether oxygens (including phenoxy) is 1. The van der Waals surface area contributed by atoms with Crippen LogP contribution in [0, 0.1) is 0 Å². The highest BCUT2D eigenvalue weighted by atomic mass is 35.5. The Labute approximate surface area is 123 Å². The number of thiophene rings is 1. The van der Waals surface area contributed by atoms with E-state index >= 15 is 0 Å². The average molecular weight is 296 g/mol. The van der Waals surface area contributed by atoms with Crippen molar-refractivity contribution in [3.63, 3.8) is 0 Å². The van der Waals surface area contributed by atoms with E-state index in [1.165, 1.54) is 16.7 Å². The highest BCUT2D eigenvalue weighted by molar-refractivity contribution is 7.14. The lowest BCUT2D eigenvalue weighted by molar-refractivity contribution is 0.184. The summed E-state index contributed by atoms with van der Waals surface area (Å²) in [5, 5.41) is 5.62. The molecule has 0 aliphatic carbocycles. The highest BCUT2D eigenvalue weighted by Crippen LogP contribution is 2.25. The van der Waals surface area contributed by atoms with Crippen LogP contribution in [0.15, 0.2) is 35.7 Å². The van der Waals surface area contributed by atoms with Gasteiger partial charge in [-0.15, -0.1) is 11.3 Å². The molecule has 0 spiro atoms. The summed E-state index contributed by atoms with van der Waals surface area (Å²) in [4.78, 5) is 0. The number of methoxy groups -OCH3 is 1. The zero-order valence-electron chi connectivity index (χ0n) is 11.2. The van der Waals surface area contributed by atoms with Gasteiger partial charge in [-0.2, -0.15) is 0 Å². The molecule has 0 aliphatic heterocycles. The van der Waals surface area contributed by atoms with Crippen molar-refractivity contribution in [2.24, 2.45) is 0 Å². The smallest absolute Gasteiger partial charge is 0.0931 e. The molecule has 0 aliphatic rings. The van der Waals surface area contributed by atoms with E-state index in [-0.39, 0.29) is 0 Å². The van der Waals surface area contributed by atoms with E-state index in [1.807, 2.05) is 12.1 Å². The van der Waals surface area contributed by atoms with Gasteiger partial charge in [0, 0.05) is 19.7 Å². The van der Waals surface area contributed by atoms with Gasteiger partial charge in [0.2, 0.25) is 0 Å². The summed E-state index contributed by atoms with van der Waals surface area (Å²) in [5.74, 6) is 0. The van der Waals surface area contributed by atoms with Crippen molar-refractivity contribution in [1.29, 1.82) is 0 Å². The predicted molar refractivity (Wildman–Crippen MR) is 81.7 cm³/mol. The monoisotopic (exact) mass is 295 g/mol. The third-order valence-corrected chi connectivity index (χ3v) is 4.21. The Morgan fingerprint density at radius 1 is 1.32 bits per heavy atom. The first-order valence-corrected chi connectivity index (χ1v) is 7.49. The van der Waals surface area contributed by atoms with Crippen LogP contribution in [0.3, 0.4) is 0 Å². The second-order valence-electron chi connectivity index (χ2n) is 4.49. The van der Waals surface area contributed by atoms with Crippen LogP contribution in [0.2, 0.25) is 4.34 Å². The third-order valence-electron chi connectivity index (χ3n) is 3.10. The minimum atomic E-state index is 0.291. The molecule has 0 radical (unpaired) electrons. The van der Waals surface area contributed by atoms with Gasteiger partial charge in [0.25, 0.3) is 0 Å². The molecule has 0 saturated heterocycles. The number of nitrogens with one attached hydrogen (secondary N) is 1. The minimum absolute atomic E-state index is 0.291. The van der Waals surface area contributed by atoms with Gasteiger partial charge in [-0.3, -0.25) is 0 Å². The number of benzene rings is 1. The van der Waals surface area contributed by atoms with Gasteiger partial charge < -0.3 is 10.1 Å². The zero-order chi connectivity index (χ0) is 13.7. The van der Waals surface area contributed by atoms with Crippen LogP contribution < -0.4 is 5.32 Å². The van der Waals surface area contributed by atoms with Crippen LogP contribution in [-0.2, 0) is 17.9 Å². The summed E-state index contributed by atoms with van der Waals surface area (Å²) >= 11 is 7.53. The molecule has 4 heteroatoms. The highest BCUT2D eigenvalue weighted by Gasteiger charge is 2.08. The molecule has 0 bridgehead atoms. The van der Waals surface area contributed by atoms with Gasteiger partial charge in [-0.05, 0) is 35.1 Å². The lowest BCUT2D eigenvalue weighted by Crippen LogP contribution is -2.18. The summed E-state index contributed by atoms with van der Waals surface area (Å²) in [6.45, 7) is 3.63. The van der Waals surface area contributed by atoms with Gasteiger partial charge in [0.1, 0.15) is 0 Å². The van der Waals surface area contributed by atoms with Crippen molar-refractivity contribution in [2.75, 3.05) is 7.11 Å². The molecular weight excluding hydrogens is 278 g/mol. The van der Waals surface area contributed by atoms with Gasteiger partial charge in [-0.1, -0.05) is 35.9 Å². The van der Waals surface area contributed by atoms with E-state index in [1.54, 1.807) is 18.4 Å². The maximum atomic E-state index is 5.96. The van der Waals surface area contributed by atoms with Crippen LogP contribution in [0.25, 0.3) is 0 Å². The molecule has 1 atom stereocenters. The fraction of sp³-hybridized carbons (Fsp3) is 0.333. The second-order valence-corrected chi connectivity index (χ2v) is 6.03. The van der Waals surface area contributed by atoms with E-state index in [9.17, 15) is 0 Å². The molecule has 102 valence electrons. The van der Waals surface area contributed by atoms with E-state index in [4.69, 9.17) is 16.3 Å². The van der Waals surface area contributed by atoms with E-state index < -0.39 is 0 Å². The van der Waals surface area contributed by atoms with Crippen LogP contribution in [0.5, 0.6) is 0 Å². The number of hydrogen-bond donors (Lipinski definition) is 1. The molecule has 1 heterocycles. The fourth-order valence-electron chi connectivity index (χ4n) is 1.96. The molecule has 1 unspecified atom stereocenters. The Hall–Kier alpha value is -0.870. The van der Waals surface area contributed by atoms with Crippen molar-refractivity contribution in [3.8, 4) is 0 Å². The van der Waals surface area contributed by atoms with E-state index in [0.29, 0.717) is 12.6 Å². The summed E-state index contributed by atoms with van der Waals surface area (Å²) < 4.78 is 6.06. The lowest BCUT2D eigenvalue weighted by atomic mass is 10.1. The molecule has 19 heavy (non-hydrogen) atoms. The zero-order valence-corrected chi connectivity index (χ0v) is 12.7. The first kappa shape index (κ1) is 14.5. The summed E-state index contributed by atoms with van der Waals surface area (Å²) in [5.41, 5.74) is 3.74. The van der Waals surface area contributed by atoms with Gasteiger partial charge in [0.15, 0.2) is 0 Å². The summed E-state index contributed by atoms with van der Waals surface area (Å²) in [6.07, 6.45) is 0. The number of rotatable bonds is 6. The first-order valence-electron chi connectivity index (χ1n) is 6.23. The predicted octanol–water partition coefficient (Wildman–Crippen LogP) is 4.40. The Balaban J connectivity index is 1.98. The van der Waals surface area contributed by atoms with Gasteiger partial charge >= 0.3 is 0 Å². The molecule has 2 nitrogen and oxygen atoms in total. The number of hydrogen-bond acceptors (Lipinski definition) is 3. The number of halogens is 1. The molecule has 2 aromatic rings. The second kappa shape index (κ2) is 7.06. The first-order chi connectivity index (χ1) is 9.20. The van der Waals surface area contributed by atoms with Crippen molar-refractivity contribution >= 4 is 22.9 Å². The average Bonchev–Trinajstić information content (AvgIpc) is 2.84.